The van der Waals surface area contributed by atoms with Gasteiger partial charge in [0.05, 0.1) is 23.8 Å². The molecule has 0 fully saturated rings. The molecule has 0 aliphatic rings. The summed E-state index contributed by atoms with van der Waals surface area (Å²) in [6, 6.07) is 11.6. The van der Waals surface area contributed by atoms with Crippen LogP contribution >= 0.6 is 11.3 Å². The van der Waals surface area contributed by atoms with Crippen molar-refractivity contribution in [3.05, 3.63) is 69.6 Å². The quantitative estimate of drug-likeness (QED) is 0.295. The molecule has 0 aliphatic carbocycles. The Morgan fingerprint density at radius 2 is 2.03 bits per heavy atom. The smallest absolute Gasteiger partial charge is 0.270 e. The molecule has 0 spiro atoms. The number of benzene rings is 2. The maximum Gasteiger partial charge on any atom is 0.270 e. The van der Waals surface area contributed by atoms with Crippen molar-refractivity contribution < 1.29 is 19.2 Å². The molecule has 1 N–H and O–H groups in total. The third-order valence-corrected chi connectivity index (χ3v) is 4.82. The molecule has 9 heteroatoms. The fourth-order valence-corrected chi connectivity index (χ4v) is 3.42. The summed E-state index contributed by atoms with van der Waals surface area (Å²) in [5.74, 6) is 0.870. The van der Waals surface area contributed by atoms with Crippen molar-refractivity contribution in [2.45, 2.75) is 20.0 Å². The van der Waals surface area contributed by atoms with E-state index in [9.17, 15) is 14.9 Å². The van der Waals surface area contributed by atoms with Crippen LogP contribution in [0.3, 0.4) is 0 Å². The van der Waals surface area contributed by atoms with Crippen LogP contribution in [0.25, 0.3) is 17.3 Å². The minimum Gasteiger partial charge on any atom is -0.493 e. The molecule has 0 atom stereocenters. The van der Waals surface area contributed by atoms with Crippen LogP contribution in [-0.2, 0) is 4.79 Å². The molecule has 1 heterocycles. The second-order valence-electron chi connectivity index (χ2n) is 6.74. The van der Waals surface area contributed by atoms with Gasteiger partial charge in [-0.25, -0.2) is 4.98 Å². The monoisotopic (exact) mass is 439 g/mol. The van der Waals surface area contributed by atoms with Crippen LogP contribution in [-0.4, -0.2) is 29.0 Å². The highest BCUT2D eigenvalue weighted by Crippen LogP contribution is 2.30. The zero-order valence-electron chi connectivity index (χ0n) is 17.2. The van der Waals surface area contributed by atoms with E-state index in [2.05, 4.69) is 10.3 Å². The fraction of sp³-hybridized carbons (Fsp3) is 0.182. The number of methoxy groups -OCH3 is 1. The Morgan fingerprint density at radius 1 is 1.23 bits per heavy atom. The Morgan fingerprint density at radius 3 is 2.74 bits per heavy atom. The van der Waals surface area contributed by atoms with E-state index < -0.39 is 4.92 Å². The summed E-state index contributed by atoms with van der Waals surface area (Å²) in [6.07, 6.45) is 3.07. The number of hydrogen-bond acceptors (Lipinski definition) is 7. The van der Waals surface area contributed by atoms with E-state index in [1.54, 1.807) is 42.8 Å². The topological polar surface area (TPSA) is 104 Å². The first-order chi connectivity index (χ1) is 14.9. The number of aromatic nitrogens is 1. The van der Waals surface area contributed by atoms with E-state index in [4.69, 9.17) is 9.47 Å². The number of nitro groups is 1. The second-order valence-corrected chi connectivity index (χ2v) is 7.60. The number of rotatable bonds is 8. The summed E-state index contributed by atoms with van der Waals surface area (Å²) in [4.78, 5) is 27.1. The first-order valence-corrected chi connectivity index (χ1v) is 10.3. The summed E-state index contributed by atoms with van der Waals surface area (Å²) >= 11 is 1.24. The summed E-state index contributed by atoms with van der Waals surface area (Å²) < 4.78 is 11.0. The van der Waals surface area contributed by atoms with Crippen LogP contribution in [0, 0.1) is 10.1 Å². The molecular formula is C22H21N3O5S. The van der Waals surface area contributed by atoms with Gasteiger partial charge < -0.3 is 9.47 Å². The van der Waals surface area contributed by atoms with Crippen LogP contribution in [0.2, 0.25) is 0 Å². The molecule has 1 amide bonds. The number of carbonyl (C=O) groups is 1. The van der Waals surface area contributed by atoms with Gasteiger partial charge in [-0.2, -0.15) is 0 Å². The van der Waals surface area contributed by atoms with Crippen LogP contribution in [0.1, 0.15) is 19.4 Å². The molecule has 0 unspecified atom stereocenters. The average molecular weight is 439 g/mol. The Balaban J connectivity index is 1.67. The van der Waals surface area contributed by atoms with Crippen LogP contribution in [0.4, 0.5) is 10.8 Å². The normalized spacial score (nSPS) is 11.0. The number of non-ortho nitro benzene ring substituents is 1. The lowest BCUT2D eigenvalue weighted by Crippen LogP contribution is -2.07. The Kier molecular flexibility index (Phi) is 6.99. The minimum atomic E-state index is -0.458. The number of amides is 1. The van der Waals surface area contributed by atoms with Crippen LogP contribution in [0.5, 0.6) is 11.5 Å². The molecule has 0 aliphatic heterocycles. The van der Waals surface area contributed by atoms with Gasteiger partial charge in [0.15, 0.2) is 16.6 Å². The molecule has 0 bridgehead atoms. The lowest BCUT2D eigenvalue weighted by Gasteiger charge is -2.13. The Bertz CT molecular complexity index is 1120. The van der Waals surface area contributed by atoms with E-state index in [1.165, 1.54) is 29.5 Å². The first kappa shape index (κ1) is 22.0. The largest absolute Gasteiger partial charge is 0.493 e. The summed E-state index contributed by atoms with van der Waals surface area (Å²) in [5.41, 5.74) is 1.93. The molecule has 1 aromatic heterocycles. The lowest BCUT2D eigenvalue weighted by atomic mass is 10.1. The van der Waals surface area contributed by atoms with Gasteiger partial charge in [0.25, 0.3) is 5.69 Å². The van der Waals surface area contributed by atoms with E-state index in [0.717, 1.165) is 5.56 Å². The molecule has 0 saturated heterocycles. The minimum absolute atomic E-state index is 0.0146. The van der Waals surface area contributed by atoms with Gasteiger partial charge >= 0.3 is 0 Å². The SMILES string of the molecule is COc1cc(/C=C/C(=O)Nc2nc(-c3cccc([N+](=O)[O-])c3)cs2)ccc1OC(C)C. The first-order valence-electron chi connectivity index (χ1n) is 9.40. The zero-order valence-corrected chi connectivity index (χ0v) is 18.0. The third kappa shape index (κ3) is 5.89. The van der Waals surface area contributed by atoms with Crippen LogP contribution < -0.4 is 14.8 Å². The van der Waals surface area contributed by atoms with Crippen molar-refractivity contribution in [2.24, 2.45) is 0 Å². The summed E-state index contributed by atoms with van der Waals surface area (Å²) in [6.45, 7) is 3.86. The van der Waals surface area contributed by atoms with E-state index in [1.807, 2.05) is 19.9 Å². The van der Waals surface area contributed by atoms with Crippen molar-refractivity contribution in [2.75, 3.05) is 12.4 Å². The molecule has 8 nitrogen and oxygen atoms in total. The molecule has 0 saturated carbocycles. The highest BCUT2D eigenvalue weighted by Gasteiger charge is 2.11. The summed E-state index contributed by atoms with van der Waals surface area (Å²) in [7, 11) is 1.56. The highest BCUT2D eigenvalue weighted by molar-refractivity contribution is 7.14. The molecule has 2 aromatic carbocycles. The van der Waals surface area contributed by atoms with Gasteiger partial charge in [0, 0.05) is 29.2 Å². The predicted molar refractivity (Wildman–Crippen MR) is 121 cm³/mol. The van der Waals surface area contributed by atoms with Gasteiger partial charge in [-0.05, 0) is 37.6 Å². The number of nitro benzene ring substituents is 1. The average Bonchev–Trinajstić information content (AvgIpc) is 3.21. The summed E-state index contributed by atoms with van der Waals surface area (Å²) in [5, 5.41) is 15.8. The number of thiazole rings is 1. The molecule has 3 rings (SSSR count). The highest BCUT2D eigenvalue weighted by atomic mass is 32.1. The third-order valence-electron chi connectivity index (χ3n) is 4.06. The van der Waals surface area contributed by atoms with E-state index in [-0.39, 0.29) is 17.7 Å². The number of nitrogens with zero attached hydrogens (tertiary/aromatic N) is 2. The van der Waals surface area contributed by atoms with Gasteiger partial charge in [-0.15, -0.1) is 11.3 Å². The van der Waals surface area contributed by atoms with Crippen molar-refractivity contribution >= 4 is 34.1 Å². The van der Waals surface area contributed by atoms with Crippen molar-refractivity contribution in [1.82, 2.24) is 4.98 Å². The maximum atomic E-state index is 12.3. The molecule has 3 aromatic rings. The van der Waals surface area contributed by atoms with Crippen LogP contribution in [0.15, 0.2) is 53.9 Å². The van der Waals surface area contributed by atoms with Crippen molar-refractivity contribution in [1.29, 1.82) is 0 Å². The standard InChI is InChI=1S/C22H21N3O5S/c1-14(2)30-19-9-7-15(11-20(19)29-3)8-10-21(26)24-22-23-18(13-31-22)16-5-4-6-17(12-16)25(27)28/h4-14H,1-3H3,(H,23,24,26)/b10-8+. The zero-order chi connectivity index (χ0) is 22.4. The van der Waals surface area contributed by atoms with Gasteiger partial charge in [0.1, 0.15) is 0 Å². The molecular weight excluding hydrogens is 418 g/mol. The number of ether oxygens (including phenoxy) is 2. The van der Waals surface area contributed by atoms with Gasteiger partial charge in [-0.1, -0.05) is 18.2 Å². The lowest BCUT2D eigenvalue weighted by molar-refractivity contribution is -0.384. The van der Waals surface area contributed by atoms with E-state index in [0.29, 0.717) is 27.9 Å². The Labute approximate surface area is 183 Å². The molecule has 0 radical (unpaired) electrons. The van der Waals surface area contributed by atoms with Crippen molar-refractivity contribution in [3.63, 3.8) is 0 Å². The van der Waals surface area contributed by atoms with Gasteiger partial charge in [0.2, 0.25) is 5.91 Å². The number of anilines is 1. The van der Waals surface area contributed by atoms with Crippen molar-refractivity contribution in [3.8, 4) is 22.8 Å². The fourth-order valence-electron chi connectivity index (χ4n) is 2.70. The van der Waals surface area contributed by atoms with Gasteiger partial charge in [-0.3, -0.25) is 20.2 Å². The molecule has 31 heavy (non-hydrogen) atoms. The molecule has 160 valence electrons. The number of nitrogens with one attached hydrogen (secondary N) is 1. The number of hydrogen-bond donors (Lipinski definition) is 1. The maximum absolute atomic E-state index is 12.3. The van der Waals surface area contributed by atoms with E-state index >= 15 is 0 Å². The second kappa shape index (κ2) is 9.86. The number of carbonyl (C=O) groups excluding carboxylic acids is 1. The predicted octanol–water partition coefficient (Wildman–Crippen LogP) is 5.17. The Hall–Kier alpha value is -3.72.